The van der Waals surface area contributed by atoms with Crippen LogP contribution < -0.4 is 16.6 Å². The summed E-state index contributed by atoms with van der Waals surface area (Å²) in [6.45, 7) is 0.178. The van der Waals surface area contributed by atoms with Crippen LogP contribution in [-0.4, -0.2) is 31.5 Å². The first kappa shape index (κ1) is 11.0. The molecule has 0 saturated carbocycles. The molecule has 0 saturated heterocycles. The highest BCUT2D eigenvalue weighted by molar-refractivity contribution is 5.92. The van der Waals surface area contributed by atoms with Gasteiger partial charge in [0, 0.05) is 0 Å². The van der Waals surface area contributed by atoms with Crippen LogP contribution >= 0.6 is 0 Å². The summed E-state index contributed by atoms with van der Waals surface area (Å²) >= 11 is 0. The summed E-state index contributed by atoms with van der Waals surface area (Å²) in [4.78, 5) is 15.7. The lowest BCUT2D eigenvalue weighted by molar-refractivity contribution is 0.0945. The maximum atomic E-state index is 11.7. The number of anilines is 1. The molecule has 9 nitrogen and oxygen atoms in total. The molecule has 0 aromatic carbocycles. The molecule has 0 aliphatic carbocycles. The first-order chi connectivity index (χ1) is 8.29. The first-order valence-corrected chi connectivity index (χ1v) is 4.74. The predicted octanol–water partition coefficient (Wildman–Crippen LogP) is -1.19. The van der Waals surface area contributed by atoms with Gasteiger partial charge in [0.1, 0.15) is 11.5 Å². The number of nitrogens with two attached hydrogens (primary N) is 1. The van der Waals surface area contributed by atoms with Gasteiger partial charge in [-0.3, -0.25) is 4.79 Å². The Balaban J connectivity index is 1.99. The van der Waals surface area contributed by atoms with Crippen LogP contribution in [-0.2, 0) is 6.54 Å². The van der Waals surface area contributed by atoms with Crippen molar-refractivity contribution in [1.82, 2.24) is 30.9 Å². The fourth-order valence-corrected chi connectivity index (χ4v) is 1.15. The molecule has 1 amide bonds. The van der Waals surface area contributed by atoms with E-state index in [0.717, 1.165) is 0 Å². The van der Waals surface area contributed by atoms with E-state index in [1.54, 1.807) is 18.2 Å². The van der Waals surface area contributed by atoms with Gasteiger partial charge in [0.25, 0.3) is 5.91 Å². The zero-order valence-corrected chi connectivity index (χ0v) is 8.71. The number of nitrogen functional groups attached to an aromatic ring is 1. The highest BCUT2D eigenvalue weighted by Crippen LogP contribution is 2.02. The second-order valence-corrected chi connectivity index (χ2v) is 3.06. The van der Waals surface area contributed by atoms with Gasteiger partial charge in [0.15, 0.2) is 5.82 Å². The summed E-state index contributed by atoms with van der Waals surface area (Å²) < 4.78 is 0. The standard InChI is InChI=1S/C8H10N8O/c9-12-6-3-1-2-5(11-6)8(17)10-4-7-13-15-16-14-7/h1-3H,4,9H2,(H,10,17)(H,11,12)(H,13,14,15,16). The van der Waals surface area contributed by atoms with E-state index in [2.05, 4.69) is 36.4 Å². The molecule has 17 heavy (non-hydrogen) atoms. The molecule has 0 aliphatic rings. The van der Waals surface area contributed by atoms with E-state index >= 15 is 0 Å². The number of hydrazine groups is 1. The van der Waals surface area contributed by atoms with Crippen molar-refractivity contribution in [2.45, 2.75) is 6.54 Å². The van der Waals surface area contributed by atoms with E-state index in [9.17, 15) is 4.79 Å². The molecular weight excluding hydrogens is 224 g/mol. The number of nitrogens with one attached hydrogen (secondary N) is 3. The van der Waals surface area contributed by atoms with Crippen LogP contribution in [0.15, 0.2) is 18.2 Å². The molecule has 0 spiro atoms. The Kier molecular flexibility index (Phi) is 3.21. The average molecular weight is 234 g/mol. The topological polar surface area (TPSA) is 134 Å². The molecule has 0 unspecified atom stereocenters. The van der Waals surface area contributed by atoms with Crippen LogP contribution in [0, 0.1) is 0 Å². The summed E-state index contributed by atoms with van der Waals surface area (Å²) in [7, 11) is 0. The van der Waals surface area contributed by atoms with E-state index in [-0.39, 0.29) is 18.1 Å². The van der Waals surface area contributed by atoms with Crippen molar-refractivity contribution in [2.24, 2.45) is 5.84 Å². The third-order valence-electron chi connectivity index (χ3n) is 1.93. The Morgan fingerprint density at radius 1 is 1.47 bits per heavy atom. The molecule has 2 aromatic rings. The van der Waals surface area contributed by atoms with Gasteiger partial charge in [-0.25, -0.2) is 10.8 Å². The van der Waals surface area contributed by atoms with Crippen LogP contribution in [0.25, 0.3) is 0 Å². The van der Waals surface area contributed by atoms with Crippen molar-refractivity contribution in [3.8, 4) is 0 Å². The Morgan fingerprint density at radius 2 is 2.35 bits per heavy atom. The third-order valence-corrected chi connectivity index (χ3v) is 1.93. The predicted molar refractivity (Wildman–Crippen MR) is 57.4 cm³/mol. The van der Waals surface area contributed by atoms with Crippen LogP contribution in [0.3, 0.4) is 0 Å². The number of amides is 1. The molecule has 0 bridgehead atoms. The van der Waals surface area contributed by atoms with Crippen molar-refractivity contribution in [3.05, 3.63) is 29.7 Å². The SMILES string of the molecule is NNc1cccc(C(=O)NCc2nn[nH]n2)n1. The number of carbonyl (C=O) groups is 1. The lowest BCUT2D eigenvalue weighted by Gasteiger charge is -2.03. The largest absolute Gasteiger partial charge is 0.343 e. The monoisotopic (exact) mass is 234 g/mol. The number of nitrogens with zero attached hydrogens (tertiary/aromatic N) is 4. The van der Waals surface area contributed by atoms with Crippen molar-refractivity contribution in [1.29, 1.82) is 0 Å². The molecule has 2 rings (SSSR count). The number of hydrogen-bond donors (Lipinski definition) is 4. The molecular formula is C8H10N8O. The highest BCUT2D eigenvalue weighted by atomic mass is 16.1. The summed E-state index contributed by atoms with van der Waals surface area (Å²) in [6.07, 6.45) is 0. The summed E-state index contributed by atoms with van der Waals surface area (Å²) in [5, 5.41) is 15.7. The van der Waals surface area contributed by atoms with E-state index in [0.29, 0.717) is 11.6 Å². The third kappa shape index (κ3) is 2.72. The van der Waals surface area contributed by atoms with Crippen molar-refractivity contribution >= 4 is 11.7 Å². The molecule has 0 fully saturated rings. The van der Waals surface area contributed by atoms with E-state index in [4.69, 9.17) is 5.84 Å². The summed E-state index contributed by atoms with van der Waals surface area (Å²) in [6, 6.07) is 4.90. The van der Waals surface area contributed by atoms with Gasteiger partial charge in [-0.2, -0.15) is 5.21 Å². The van der Waals surface area contributed by atoms with Gasteiger partial charge in [0.2, 0.25) is 0 Å². The minimum absolute atomic E-state index is 0.178. The van der Waals surface area contributed by atoms with Gasteiger partial charge in [-0.05, 0) is 12.1 Å². The van der Waals surface area contributed by atoms with Crippen LogP contribution in [0.4, 0.5) is 5.82 Å². The number of aromatic nitrogens is 5. The van der Waals surface area contributed by atoms with Crippen LogP contribution in [0.5, 0.6) is 0 Å². The Labute approximate surface area is 95.8 Å². The molecule has 0 aliphatic heterocycles. The van der Waals surface area contributed by atoms with Crippen LogP contribution in [0.1, 0.15) is 16.3 Å². The van der Waals surface area contributed by atoms with Gasteiger partial charge in [-0.15, -0.1) is 10.2 Å². The minimum atomic E-state index is -0.341. The number of pyridine rings is 1. The molecule has 2 heterocycles. The minimum Gasteiger partial charge on any atom is -0.343 e. The Hall–Kier alpha value is -2.55. The fourth-order valence-electron chi connectivity index (χ4n) is 1.15. The number of aromatic amines is 1. The lowest BCUT2D eigenvalue weighted by Crippen LogP contribution is -2.25. The van der Waals surface area contributed by atoms with E-state index < -0.39 is 0 Å². The number of carbonyl (C=O) groups excluding carboxylic acids is 1. The molecule has 0 atom stereocenters. The summed E-state index contributed by atoms with van der Waals surface area (Å²) in [5.41, 5.74) is 2.61. The number of H-pyrrole nitrogens is 1. The maximum absolute atomic E-state index is 11.7. The Morgan fingerprint density at radius 3 is 3.06 bits per heavy atom. The molecule has 88 valence electrons. The quantitative estimate of drug-likeness (QED) is 0.386. The lowest BCUT2D eigenvalue weighted by atomic mass is 10.3. The van der Waals surface area contributed by atoms with Crippen LogP contribution in [0.2, 0.25) is 0 Å². The summed E-state index contributed by atoms with van der Waals surface area (Å²) in [5.74, 6) is 5.66. The van der Waals surface area contributed by atoms with Crippen molar-refractivity contribution < 1.29 is 4.79 Å². The number of rotatable bonds is 4. The zero-order valence-electron chi connectivity index (χ0n) is 8.71. The number of hydrogen-bond acceptors (Lipinski definition) is 7. The number of tetrazole rings is 1. The fraction of sp³-hybridized carbons (Fsp3) is 0.125. The average Bonchev–Trinajstić information content (AvgIpc) is 2.89. The molecule has 5 N–H and O–H groups in total. The van der Waals surface area contributed by atoms with Crippen molar-refractivity contribution in [3.63, 3.8) is 0 Å². The Bertz CT molecular complexity index is 496. The highest BCUT2D eigenvalue weighted by Gasteiger charge is 2.08. The van der Waals surface area contributed by atoms with E-state index in [1.165, 1.54) is 0 Å². The normalized spacial score (nSPS) is 9.94. The van der Waals surface area contributed by atoms with Gasteiger partial charge < -0.3 is 10.7 Å². The van der Waals surface area contributed by atoms with E-state index in [1.807, 2.05) is 0 Å². The van der Waals surface area contributed by atoms with Gasteiger partial charge in [-0.1, -0.05) is 11.3 Å². The van der Waals surface area contributed by atoms with Crippen molar-refractivity contribution in [2.75, 3.05) is 5.43 Å². The second kappa shape index (κ2) is 4.99. The first-order valence-electron chi connectivity index (χ1n) is 4.74. The zero-order chi connectivity index (χ0) is 12.1. The maximum Gasteiger partial charge on any atom is 0.270 e. The molecule has 2 aromatic heterocycles. The molecule has 0 radical (unpaired) electrons. The van der Waals surface area contributed by atoms with Gasteiger partial charge >= 0.3 is 0 Å². The molecule has 9 heteroatoms. The van der Waals surface area contributed by atoms with Gasteiger partial charge in [0.05, 0.1) is 6.54 Å². The smallest absolute Gasteiger partial charge is 0.270 e. The second-order valence-electron chi connectivity index (χ2n) is 3.06.